The summed E-state index contributed by atoms with van der Waals surface area (Å²) in [5, 5.41) is 13.2. The fourth-order valence-corrected chi connectivity index (χ4v) is 2.62. The molecule has 0 radical (unpaired) electrons. The molecule has 0 heterocycles. The summed E-state index contributed by atoms with van der Waals surface area (Å²) in [5.41, 5.74) is 0.809. The topological polar surface area (TPSA) is 50.7 Å². The Balaban J connectivity index is 1.99. The molecule has 118 valence electrons. The molecule has 0 spiro atoms. The Morgan fingerprint density at radius 2 is 2.05 bits per heavy atom. The summed E-state index contributed by atoms with van der Waals surface area (Å²) < 4.78 is 34.2. The molecule has 0 bridgehead atoms. The van der Waals surface area contributed by atoms with Crippen LogP contribution >= 0.6 is 0 Å². The molecule has 2 atom stereocenters. The standard InChI is InChI=1S/C15H21F2NO3/c1-20-13-7-6-10(8-14(13)21-15(16)17)9-18-11-4-2-3-5-12(11)19/h6-8,11-12,15,18-19H,2-5,9H2,1H3. The Morgan fingerprint density at radius 1 is 1.29 bits per heavy atom. The molecule has 6 heteroatoms. The fraction of sp³-hybridized carbons (Fsp3) is 0.600. The molecule has 1 saturated carbocycles. The summed E-state index contributed by atoms with van der Waals surface area (Å²) in [7, 11) is 1.41. The van der Waals surface area contributed by atoms with Crippen LogP contribution in [0.4, 0.5) is 8.78 Å². The van der Waals surface area contributed by atoms with Gasteiger partial charge >= 0.3 is 6.61 Å². The molecule has 0 saturated heterocycles. The summed E-state index contributed by atoms with van der Waals surface area (Å²) in [6, 6.07) is 4.99. The van der Waals surface area contributed by atoms with Crippen molar-refractivity contribution in [3.8, 4) is 11.5 Å². The third-order valence-corrected chi connectivity index (χ3v) is 3.74. The van der Waals surface area contributed by atoms with Gasteiger partial charge in [-0.1, -0.05) is 18.9 Å². The molecule has 21 heavy (non-hydrogen) atoms. The number of hydrogen-bond donors (Lipinski definition) is 2. The Morgan fingerprint density at radius 3 is 2.71 bits per heavy atom. The van der Waals surface area contributed by atoms with Crippen LogP contribution in [-0.2, 0) is 6.54 Å². The number of rotatable bonds is 6. The molecule has 1 aromatic carbocycles. The van der Waals surface area contributed by atoms with E-state index < -0.39 is 6.61 Å². The van der Waals surface area contributed by atoms with Crippen molar-refractivity contribution in [2.45, 2.75) is 51.0 Å². The predicted molar refractivity (Wildman–Crippen MR) is 74.7 cm³/mol. The Kier molecular flexibility index (Phi) is 5.76. The van der Waals surface area contributed by atoms with Crippen LogP contribution in [0.3, 0.4) is 0 Å². The molecule has 2 N–H and O–H groups in total. The highest BCUT2D eigenvalue weighted by Gasteiger charge is 2.22. The van der Waals surface area contributed by atoms with Crippen molar-refractivity contribution in [1.82, 2.24) is 5.32 Å². The number of halogens is 2. The summed E-state index contributed by atoms with van der Waals surface area (Å²) in [4.78, 5) is 0. The van der Waals surface area contributed by atoms with Crippen LogP contribution in [0.5, 0.6) is 11.5 Å². The monoisotopic (exact) mass is 301 g/mol. The van der Waals surface area contributed by atoms with Crippen LogP contribution in [-0.4, -0.2) is 31.0 Å². The van der Waals surface area contributed by atoms with Crippen molar-refractivity contribution in [2.24, 2.45) is 0 Å². The maximum atomic E-state index is 12.4. The number of nitrogens with one attached hydrogen (secondary N) is 1. The van der Waals surface area contributed by atoms with E-state index in [4.69, 9.17) is 4.74 Å². The first kappa shape index (κ1) is 16.0. The molecule has 0 amide bonds. The van der Waals surface area contributed by atoms with Gasteiger partial charge in [-0.2, -0.15) is 8.78 Å². The number of ether oxygens (including phenoxy) is 2. The average Bonchev–Trinajstić information content (AvgIpc) is 2.46. The van der Waals surface area contributed by atoms with Gasteiger partial charge in [0.05, 0.1) is 13.2 Å². The molecule has 1 aliphatic carbocycles. The van der Waals surface area contributed by atoms with Crippen molar-refractivity contribution < 1.29 is 23.4 Å². The highest BCUT2D eigenvalue weighted by molar-refractivity contribution is 5.43. The van der Waals surface area contributed by atoms with E-state index >= 15 is 0 Å². The summed E-state index contributed by atoms with van der Waals surface area (Å²) >= 11 is 0. The van der Waals surface area contributed by atoms with Crippen molar-refractivity contribution in [1.29, 1.82) is 0 Å². The molecule has 1 fully saturated rings. The van der Waals surface area contributed by atoms with E-state index in [1.165, 1.54) is 13.2 Å². The molecule has 2 rings (SSSR count). The predicted octanol–water partition coefficient (Wildman–Crippen LogP) is 2.69. The van der Waals surface area contributed by atoms with Crippen molar-refractivity contribution >= 4 is 0 Å². The third kappa shape index (κ3) is 4.54. The number of aliphatic hydroxyl groups is 1. The second kappa shape index (κ2) is 7.56. The van der Waals surface area contributed by atoms with Crippen LogP contribution in [0.2, 0.25) is 0 Å². The number of methoxy groups -OCH3 is 1. The van der Waals surface area contributed by atoms with Gasteiger partial charge in [0, 0.05) is 12.6 Å². The van der Waals surface area contributed by atoms with Crippen LogP contribution in [0.1, 0.15) is 31.2 Å². The first-order valence-electron chi connectivity index (χ1n) is 7.13. The van der Waals surface area contributed by atoms with E-state index in [0.717, 1.165) is 31.2 Å². The van der Waals surface area contributed by atoms with Crippen molar-refractivity contribution in [3.63, 3.8) is 0 Å². The van der Waals surface area contributed by atoms with Crippen LogP contribution < -0.4 is 14.8 Å². The summed E-state index contributed by atoms with van der Waals surface area (Å²) in [6.45, 7) is -2.40. The molecule has 4 nitrogen and oxygen atoms in total. The third-order valence-electron chi connectivity index (χ3n) is 3.74. The van der Waals surface area contributed by atoms with E-state index in [2.05, 4.69) is 10.1 Å². The Hall–Kier alpha value is -1.40. The van der Waals surface area contributed by atoms with Crippen LogP contribution in [0, 0.1) is 0 Å². The van der Waals surface area contributed by atoms with Gasteiger partial charge < -0.3 is 19.9 Å². The lowest BCUT2D eigenvalue weighted by Gasteiger charge is -2.28. The zero-order chi connectivity index (χ0) is 15.2. The highest BCUT2D eigenvalue weighted by atomic mass is 19.3. The minimum atomic E-state index is -2.89. The number of aliphatic hydroxyl groups excluding tert-OH is 1. The van der Waals surface area contributed by atoms with Gasteiger partial charge in [0.1, 0.15) is 0 Å². The first-order chi connectivity index (χ1) is 10.1. The van der Waals surface area contributed by atoms with E-state index in [-0.39, 0.29) is 23.6 Å². The van der Waals surface area contributed by atoms with Gasteiger partial charge in [-0.3, -0.25) is 0 Å². The maximum Gasteiger partial charge on any atom is 0.387 e. The van der Waals surface area contributed by atoms with E-state index in [1.54, 1.807) is 12.1 Å². The number of benzene rings is 1. The van der Waals surface area contributed by atoms with Crippen LogP contribution in [0.25, 0.3) is 0 Å². The molecule has 1 aliphatic rings. The first-order valence-corrected chi connectivity index (χ1v) is 7.13. The lowest BCUT2D eigenvalue weighted by molar-refractivity contribution is -0.0512. The van der Waals surface area contributed by atoms with E-state index in [0.29, 0.717) is 6.54 Å². The Bertz CT molecular complexity index is 457. The molecular weight excluding hydrogens is 280 g/mol. The zero-order valence-electron chi connectivity index (χ0n) is 12.0. The lowest BCUT2D eigenvalue weighted by Crippen LogP contribution is -2.41. The van der Waals surface area contributed by atoms with Crippen molar-refractivity contribution in [3.05, 3.63) is 23.8 Å². The normalized spacial score (nSPS) is 22.3. The molecule has 1 aromatic rings. The lowest BCUT2D eigenvalue weighted by atomic mass is 9.92. The second-order valence-electron chi connectivity index (χ2n) is 5.20. The summed E-state index contributed by atoms with van der Waals surface area (Å²) in [6.07, 6.45) is 3.54. The van der Waals surface area contributed by atoms with E-state index in [1.807, 2.05) is 0 Å². The van der Waals surface area contributed by atoms with Crippen molar-refractivity contribution in [2.75, 3.05) is 7.11 Å². The molecule has 2 unspecified atom stereocenters. The second-order valence-corrected chi connectivity index (χ2v) is 5.20. The van der Waals surface area contributed by atoms with Gasteiger partial charge in [-0.15, -0.1) is 0 Å². The van der Waals surface area contributed by atoms with Crippen LogP contribution in [0.15, 0.2) is 18.2 Å². The average molecular weight is 301 g/mol. The summed E-state index contributed by atoms with van der Waals surface area (Å²) in [5.74, 6) is 0.299. The van der Waals surface area contributed by atoms with Gasteiger partial charge in [-0.25, -0.2) is 0 Å². The maximum absolute atomic E-state index is 12.4. The Labute approximate surface area is 123 Å². The van der Waals surface area contributed by atoms with Gasteiger partial charge in [0.15, 0.2) is 11.5 Å². The smallest absolute Gasteiger partial charge is 0.387 e. The minimum absolute atomic E-state index is 0.0241. The fourth-order valence-electron chi connectivity index (χ4n) is 2.62. The van der Waals surface area contributed by atoms with Gasteiger partial charge in [-0.05, 0) is 30.5 Å². The zero-order valence-corrected chi connectivity index (χ0v) is 12.0. The number of hydrogen-bond acceptors (Lipinski definition) is 4. The molecule has 0 aliphatic heterocycles. The molecular formula is C15H21F2NO3. The minimum Gasteiger partial charge on any atom is -0.493 e. The van der Waals surface area contributed by atoms with E-state index in [9.17, 15) is 13.9 Å². The largest absolute Gasteiger partial charge is 0.493 e. The molecule has 0 aromatic heterocycles. The van der Waals surface area contributed by atoms with Gasteiger partial charge in [0.2, 0.25) is 0 Å². The SMILES string of the molecule is COc1ccc(CNC2CCCCC2O)cc1OC(F)F. The number of alkyl halides is 2. The highest BCUT2D eigenvalue weighted by Crippen LogP contribution is 2.29. The quantitative estimate of drug-likeness (QED) is 0.848. The van der Waals surface area contributed by atoms with Gasteiger partial charge in [0.25, 0.3) is 0 Å².